The van der Waals surface area contributed by atoms with Gasteiger partial charge in [-0.05, 0) is 41.8 Å². The lowest BCUT2D eigenvalue weighted by atomic mass is 9.83. The fourth-order valence-corrected chi connectivity index (χ4v) is 3.60. The van der Waals surface area contributed by atoms with E-state index in [2.05, 4.69) is 54.8 Å². The average molecular weight is 267 g/mol. The molecule has 106 valence electrons. The fraction of sp³-hybridized carbons (Fsp3) is 0.474. The first kappa shape index (κ1) is 13.6. The van der Waals surface area contributed by atoms with Crippen LogP contribution in [0.25, 0.3) is 10.8 Å². The first-order chi connectivity index (χ1) is 9.86. The predicted octanol–water partition coefficient (Wildman–Crippen LogP) is 5.07. The van der Waals surface area contributed by atoms with Crippen LogP contribution in [0.1, 0.15) is 50.1 Å². The molecule has 1 aliphatic carbocycles. The van der Waals surface area contributed by atoms with E-state index in [9.17, 15) is 0 Å². The second-order valence-electron chi connectivity index (χ2n) is 6.19. The van der Waals surface area contributed by atoms with Crippen LogP contribution in [-0.4, -0.2) is 7.05 Å². The normalized spacial score (nSPS) is 18.2. The van der Waals surface area contributed by atoms with Gasteiger partial charge in [-0.15, -0.1) is 0 Å². The Morgan fingerprint density at radius 3 is 2.50 bits per heavy atom. The Kier molecular flexibility index (Phi) is 4.37. The summed E-state index contributed by atoms with van der Waals surface area (Å²) in [7, 11) is 2.10. The molecule has 0 spiro atoms. The van der Waals surface area contributed by atoms with Crippen LogP contribution in [0.4, 0.5) is 0 Å². The first-order valence-corrected chi connectivity index (χ1v) is 8.03. The van der Waals surface area contributed by atoms with Crippen LogP contribution in [0.3, 0.4) is 0 Å². The summed E-state index contributed by atoms with van der Waals surface area (Å²) < 4.78 is 0. The Balaban J connectivity index is 1.79. The molecule has 0 bridgehead atoms. The van der Waals surface area contributed by atoms with Crippen molar-refractivity contribution in [1.82, 2.24) is 5.32 Å². The highest BCUT2D eigenvalue weighted by Crippen LogP contribution is 2.32. The molecule has 0 saturated heterocycles. The number of nitrogens with one attached hydrogen (secondary N) is 1. The van der Waals surface area contributed by atoms with E-state index in [0.29, 0.717) is 6.04 Å². The van der Waals surface area contributed by atoms with E-state index >= 15 is 0 Å². The maximum Gasteiger partial charge on any atom is 0.0320 e. The minimum atomic E-state index is 0.503. The van der Waals surface area contributed by atoms with E-state index in [1.807, 2.05) is 0 Å². The van der Waals surface area contributed by atoms with Crippen LogP contribution in [0.5, 0.6) is 0 Å². The van der Waals surface area contributed by atoms with E-state index in [-0.39, 0.29) is 0 Å². The maximum atomic E-state index is 3.53. The Hall–Kier alpha value is -1.34. The van der Waals surface area contributed by atoms with Crippen LogP contribution in [0.2, 0.25) is 0 Å². The SMILES string of the molecule is CNC(CC1CCCCC1)c1ccc2ccccc2c1. The molecular formula is C19H25N. The molecule has 1 fully saturated rings. The van der Waals surface area contributed by atoms with Gasteiger partial charge in [0.05, 0.1) is 0 Å². The van der Waals surface area contributed by atoms with E-state index in [1.165, 1.54) is 54.9 Å². The van der Waals surface area contributed by atoms with Gasteiger partial charge in [0.2, 0.25) is 0 Å². The van der Waals surface area contributed by atoms with Gasteiger partial charge in [0, 0.05) is 6.04 Å². The highest BCUT2D eigenvalue weighted by atomic mass is 14.9. The Labute approximate surface area is 122 Å². The van der Waals surface area contributed by atoms with Gasteiger partial charge in [0.1, 0.15) is 0 Å². The van der Waals surface area contributed by atoms with Gasteiger partial charge in [0.15, 0.2) is 0 Å². The molecule has 0 heterocycles. The average Bonchev–Trinajstić information content (AvgIpc) is 2.53. The third kappa shape index (κ3) is 3.04. The van der Waals surface area contributed by atoms with Crippen LogP contribution >= 0.6 is 0 Å². The third-order valence-corrected chi connectivity index (χ3v) is 4.82. The Morgan fingerprint density at radius 1 is 1.00 bits per heavy atom. The lowest BCUT2D eigenvalue weighted by molar-refractivity contribution is 0.306. The Morgan fingerprint density at radius 2 is 1.75 bits per heavy atom. The van der Waals surface area contributed by atoms with Crippen molar-refractivity contribution in [2.24, 2.45) is 5.92 Å². The summed E-state index contributed by atoms with van der Waals surface area (Å²) in [5.41, 5.74) is 1.44. The molecule has 1 atom stereocenters. The van der Waals surface area contributed by atoms with Crippen molar-refractivity contribution in [2.45, 2.75) is 44.6 Å². The first-order valence-electron chi connectivity index (χ1n) is 8.03. The van der Waals surface area contributed by atoms with E-state index in [0.717, 1.165) is 5.92 Å². The van der Waals surface area contributed by atoms with Crippen molar-refractivity contribution < 1.29 is 0 Å². The standard InChI is InChI=1S/C19H25N/c1-20-19(13-15-7-3-2-4-8-15)18-12-11-16-9-5-6-10-17(16)14-18/h5-6,9-12,14-15,19-20H,2-4,7-8,13H2,1H3. The van der Waals surface area contributed by atoms with Crippen molar-refractivity contribution in [1.29, 1.82) is 0 Å². The molecule has 1 nitrogen and oxygen atoms in total. The highest BCUT2D eigenvalue weighted by molar-refractivity contribution is 5.83. The van der Waals surface area contributed by atoms with Gasteiger partial charge in [0.25, 0.3) is 0 Å². The molecule has 0 amide bonds. The van der Waals surface area contributed by atoms with Crippen molar-refractivity contribution in [2.75, 3.05) is 7.05 Å². The number of rotatable bonds is 4. The van der Waals surface area contributed by atoms with Gasteiger partial charge < -0.3 is 5.32 Å². The highest BCUT2D eigenvalue weighted by Gasteiger charge is 2.19. The molecular weight excluding hydrogens is 242 g/mol. The summed E-state index contributed by atoms with van der Waals surface area (Å²) in [6, 6.07) is 16.1. The van der Waals surface area contributed by atoms with Gasteiger partial charge in [-0.25, -0.2) is 0 Å². The molecule has 1 aliphatic rings. The molecule has 2 aromatic carbocycles. The fourth-order valence-electron chi connectivity index (χ4n) is 3.60. The van der Waals surface area contributed by atoms with E-state index in [4.69, 9.17) is 0 Å². The number of fused-ring (bicyclic) bond motifs is 1. The lowest BCUT2D eigenvalue weighted by Crippen LogP contribution is -2.21. The number of hydrogen-bond acceptors (Lipinski definition) is 1. The molecule has 0 aliphatic heterocycles. The quantitative estimate of drug-likeness (QED) is 0.815. The zero-order valence-corrected chi connectivity index (χ0v) is 12.4. The van der Waals surface area contributed by atoms with Crippen molar-refractivity contribution in [3.05, 3.63) is 48.0 Å². The summed E-state index contributed by atoms with van der Waals surface area (Å²) in [6.07, 6.45) is 8.43. The topological polar surface area (TPSA) is 12.0 Å². The van der Waals surface area contributed by atoms with Crippen LogP contribution in [-0.2, 0) is 0 Å². The molecule has 1 saturated carbocycles. The molecule has 3 rings (SSSR count). The summed E-state index contributed by atoms with van der Waals surface area (Å²) in [6.45, 7) is 0. The summed E-state index contributed by atoms with van der Waals surface area (Å²) in [5.74, 6) is 0.910. The second kappa shape index (κ2) is 6.41. The zero-order chi connectivity index (χ0) is 13.8. The monoisotopic (exact) mass is 267 g/mol. The van der Waals surface area contributed by atoms with Crippen molar-refractivity contribution in [3.63, 3.8) is 0 Å². The van der Waals surface area contributed by atoms with Crippen LogP contribution in [0, 0.1) is 5.92 Å². The van der Waals surface area contributed by atoms with Crippen molar-refractivity contribution >= 4 is 10.8 Å². The molecule has 1 N–H and O–H groups in total. The van der Waals surface area contributed by atoms with Gasteiger partial charge in [-0.2, -0.15) is 0 Å². The maximum absolute atomic E-state index is 3.53. The third-order valence-electron chi connectivity index (χ3n) is 4.82. The molecule has 1 unspecified atom stereocenters. The van der Waals surface area contributed by atoms with E-state index < -0.39 is 0 Å². The summed E-state index contributed by atoms with van der Waals surface area (Å²) in [5, 5.41) is 6.22. The summed E-state index contributed by atoms with van der Waals surface area (Å²) in [4.78, 5) is 0. The van der Waals surface area contributed by atoms with Gasteiger partial charge in [-0.3, -0.25) is 0 Å². The van der Waals surface area contributed by atoms with Gasteiger partial charge in [-0.1, -0.05) is 68.5 Å². The van der Waals surface area contributed by atoms with E-state index in [1.54, 1.807) is 0 Å². The van der Waals surface area contributed by atoms with Crippen LogP contribution < -0.4 is 5.32 Å². The van der Waals surface area contributed by atoms with Gasteiger partial charge >= 0.3 is 0 Å². The van der Waals surface area contributed by atoms with Crippen molar-refractivity contribution in [3.8, 4) is 0 Å². The zero-order valence-electron chi connectivity index (χ0n) is 12.4. The molecule has 1 heteroatoms. The number of benzene rings is 2. The van der Waals surface area contributed by atoms with Crippen LogP contribution in [0.15, 0.2) is 42.5 Å². The second-order valence-corrected chi connectivity index (χ2v) is 6.19. The molecule has 20 heavy (non-hydrogen) atoms. The molecule has 2 aromatic rings. The predicted molar refractivity (Wildman–Crippen MR) is 86.9 cm³/mol. The minimum Gasteiger partial charge on any atom is -0.313 e. The number of hydrogen-bond donors (Lipinski definition) is 1. The smallest absolute Gasteiger partial charge is 0.0320 e. The summed E-state index contributed by atoms with van der Waals surface area (Å²) >= 11 is 0. The Bertz CT molecular complexity index is 554. The minimum absolute atomic E-state index is 0.503. The lowest BCUT2D eigenvalue weighted by Gasteiger charge is -2.26. The molecule has 0 radical (unpaired) electrons. The molecule has 0 aromatic heterocycles. The largest absolute Gasteiger partial charge is 0.313 e.